The third-order valence-corrected chi connectivity index (χ3v) is 2.70. The smallest absolute Gasteiger partial charge is 0.246 e. The Morgan fingerprint density at radius 1 is 1.53 bits per heavy atom. The Kier molecular flexibility index (Phi) is 2.54. The minimum Gasteiger partial charge on any atom is -0.335 e. The summed E-state index contributed by atoms with van der Waals surface area (Å²) >= 11 is 0. The van der Waals surface area contributed by atoms with Gasteiger partial charge in [0.05, 0.1) is 0 Å². The van der Waals surface area contributed by atoms with Gasteiger partial charge in [0, 0.05) is 13.1 Å². The zero-order valence-corrected chi connectivity index (χ0v) is 8.37. The van der Waals surface area contributed by atoms with Gasteiger partial charge < -0.3 is 4.90 Å². The quantitative estimate of drug-likeness (QED) is 0.641. The number of hydrogen-bond acceptors (Lipinski definition) is 1. The van der Waals surface area contributed by atoms with Crippen molar-refractivity contribution in [3.05, 3.63) is 47.8 Å². The van der Waals surface area contributed by atoms with E-state index in [4.69, 9.17) is 0 Å². The summed E-state index contributed by atoms with van der Waals surface area (Å²) in [6.45, 7) is 4.50. The predicted molar refractivity (Wildman–Crippen MR) is 55.7 cm³/mol. The Morgan fingerprint density at radius 3 is 3.07 bits per heavy atom. The molecule has 1 aromatic carbocycles. The van der Waals surface area contributed by atoms with Crippen molar-refractivity contribution < 1.29 is 9.18 Å². The summed E-state index contributed by atoms with van der Waals surface area (Å²) in [5, 5.41) is 0. The standard InChI is InChI=1S/C12H12FNO/c1-2-12(15)14-7-6-10-9(8-14)4-3-5-11(10)13/h2-5H,1,6-8H2. The van der Waals surface area contributed by atoms with E-state index in [1.165, 1.54) is 12.1 Å². The van der Waals surface area contributed by atoms with E-state index in [9.17, 15) is 9.18 Å². The molecule has 0 aliphatic carbocycles. The molecular formula is C12H12FNO. The van der Waals surface area contributed by atoms with Crippen LogP contribution in [0.2, 0.25) is 0 Å². The van der Waals surface area contributed by atoms with E-state index < -0.39 is 0 Å². The van der Waals surface area contributed by atoms with Crippen LogP contribution in [0.15, 0.2) is 30.9 Å². The summed E-state index contributed by atoms with van der Waals surface area (Å²) in [6.07, 6.45) is 1.88. The Morgan fingerprint density at radius 2 is 2.33 bits per heavy atom. The van der Waals surface area contributed by atoms with Gasteiger partial charge in [-0.05, 0) is 29.7 Å². The zero-order valence-electron chi connectivity index (χ0n) is 8.37. The van der Waals surface area contributed by atoms with Crippen molar-refractivity contribution in [2.24, 2.45) is 0 Å². The predicted octanol–water partition coefficient (Wildman–Crippen LogP) is 1.90. The summed E-state index contributed by atoms with van der Waals surface area (Å²) in [5.41, 5.74) is 1.64. The summed E-state index contributed by atoms with van der Waals surface area (Å²) in [5.74, 6) is -0.261. The normalized spacial score (nSPS) is 14.6. The summed E-state index contributed by atoms with van der Waals surface area (Å²) in [4.78, 5) is 13.1. The lowest BCUT2D eigenvalue weighted by Crippen LogP contribution is -2.35. The number of halogens is 1. The average Bonchev–Trinajstić information content (AvgIpc) is 2.28. The van der Waals surface area contributed by atoms with Gasteiger partial charge in [0.15, 0.2) is 0 Å². The Balaban J connectivity index is 2.27. The van der Waals surface area contributed by atoms with Crippen molar-refractivity contribution >= 4 is 5.91 Å². The molecule has 78 valence electrons. The molecule has 15 heavy (non-hydrogen) atoms. The molecule has 2 rings (SSSR count). The Bertz CT molecular complexity index is 414. The molecule has 0 spiro atoms. The van der Waals surface area contributed by atoms with Crippen LogP contribution in [0, 0.1) is 5.82 Å². The Labute approximate surface area is 88.0 Å². The summed E-state index contributed by atoms with van der Waals surface area (Å²) in [6, 6.07) is 5.00. The van der Waals surface area contributed by atoms with E-state index in [1.54, 1.807) is 11.0 Å². The van der Waals surface area contributed by atoms with E-state index in [0.717, 1.165) is 11.1 Å². The van der Waals surface area contributed by atoms with Crippen molar-refractivity contribution in [3.63, 3.8) is 0 Å². The number of fused-ring (bicyclic) bond motifs is 1. The minimum absolute atomic E-state index is 0.0927. The molecule has 0 unspecified atom stereocenters. The average molecular weight is 205 g/mol. The third kappa shape index (κ3) is 1.77. The molecule has 0 saturated heterocycles. The molecule has 3 heteroatoms. The van der Waals surface area contributed by atoms with Gasteiger partial charge in [-0.1, -0.05) is 18.7 Å². The van der Waals surface area contributed by atoms with Crippen LogP contribution < -0.4 is 0 Å². The number of carbonyl (C=O) groups excluding carboxylic acids is 1. The van der Waals surface area contributed by atoms with Crippen LogP contribution in [0.4, 0.5) is 4.39 Å². The van der Waals surface area contributed by atoms with E-state index in [1.807, 2.05) is 6.07 Å². The lowest BCUT2D eigenvalue weighted by Gasteiger charge is -2.28. The first-order valence-corrected chi connectivity index (χ1v) is 4.90. The van der Waals surface area contributed by atoms with Crippen LogP contribution in [-0.4, -0.2) is 17.4 Å². The first kappa shape index (κ1) is 9.90. The number of benzene rings is 1. The fourth-order valence-corrected chi connectivity index (χ4v) is 1.88. The van der Waals surface area contributed by atoms with Gasteiger partial charge in [0.25, 0.3) is 0 Å². The molecule has 0 radical (unpaired) electrons. The van der Waals surface area contributed by atoms with E-state index >= 15 is 0 Å². The third-order valence-electron chi connectivity index (χ3n) is 2.70. The molecule has 1 aliphatic heterocycles. The molecule has 0 N–H and O–H groups in total. The van der Waals surface area contributed by atoms with Gasteiger partial charge in [-0.25, -0.2) is 4.39 Å². The van der Waals surface area contributed by atoms with E-state index in [2.05, 4.69) is 6.58 Å². The SMILES string of the molecule is C=CC(=O)N1CCc2c(F)cccc2C1. The number of rotatable bonds is 1. The van der Waals surface area contributed by atoms with Crippen LogP contribution >= 0.6 is 0 Å². The van der Waals surface area contributed by atoms with Crippen molar-refractivity contribution in [1.82, 2.24) is 4.90 Å². The fourth-order valence-electron chi connectivity index (χ4n) is 1.88. The maximum absolute atomic E-state index is 13.4. The summed E-state index contributed by atoms with van der Waals surface area (Å²) in [7, 11) is 0. The molecule has 0 atom stereocenters. The van der Waals surface area contributed by atoms with E-state index in [-0.39, 0.29) is 11.7 Å². The molecule has 0 saturated carbocycles. The van der Waals surface area contributed by atoms with Crippen molar-refractivity contribution in [1.29, 1.82) is 0 Å². The van der Waals surface area contributed by atoms with Crippen molar-refractivity contribution in [2.75, 3.05) is 6.54 Å². The summed E-state index contributed by atoms with van der Waals surface area (Å²) < 4.78 is 13.4. The molecule has 0 fully saturated rings. The van der Waals surface area contributed by atoms with Crippen molar-refractivity contribution in [3.8, 4) is 0 Å². The molecule has 0 aromatic heterocycles. The van der Waals surface area contributed by atoms with Gasteiger partial charge in [-0.2, -0.15) is 0 Å². The van der Waals surface area contributed by atoms with Crippen LogP contribution in [0.3, 0.4) is 0 Å². The lowest BCUT2D eigenvalue weighted by molar-refractivity contribution is -0.126. The largest absolute Gasteiger partial charge is 0.335 e. The van der Waals surface area contributed by atoms with Crippen LogP contribution in [0.1, 0.15) is 11.1 Å². The highest BCUT2D eigenvalue weighted by Crippen LogP contribution is 2.21. The molecule has 0 bridgehead atoms. The fraction of sp³-hybridized carbons (Fsp3) is 0.250. The van der Waals surface area contributed by atoms with Gasteiger partial charge in [0.1, 0.15) is 5.82 Å². The number of nitrogens with zero attached hydrogens (tertiary/aromatic N) is 1. The number of amides is 1. The van der Waals surface area contributed by atoms with Gasteiger partial charge in [-0.3, -0.25) is 4.79 Å². The highest BCUT2D eigenvalue weighted by atomic mass is 19.1. The van der Waals surface area contributed by atoms with Gasteiger partial charge >= 0.3 is 0 Å². The highest BCUT2D eigenvalue weighted by molar-refractivity contribution is 5.87. The van der Waals surface area contributed by atoms with Gasteiger partial charge in [-0.15, -0.1) is 0 Å². The second kappa shape index (κ2) is 3.85. The maximum Gasteiger partial charge on any atom is 0.246 e. The molecule has 1 amide bonds. The maximum atomic E-state index is 13.4. The molecule has 1 heterocycles. The number of carbonyl (C=O) groups is 1. The van der Waals surface area contributed by atoms with Gasteiger partial charge in [0.2, 0.25) is 5.91 Å². The molecular weight excluding hydrogens is 193 g/mol. The first-order chi connectivity index (χ1) is 7.22. The lowest BCUT2D eigenvalue weighted by atomic mass is 9.99. The molecule has 1 aromatic rings. The second-order valence-electron chi connectivity index (χ2n) is 3.59. The van der Waals surface area contributed by atoms with E-state index in [0.29, 0.717) is 19.5 Å². The molecule has 2 nitrogen and oxygen atoms in total. The topological polar surface area (TPSA) is 20.3 Å². The minimum atomic E-state index is -0.168. The molecule has 1 aliphatic rings. The van der Waals surface area contributed by atoms with Crippen LogP contribution in [0.25, 0.3) is 0 Å². The Hall–Kier alpha value is -1.64. The monoisotopic (exact) mass is 205 g/mol. The van der Waals surface area contributed by atoms with Crippen molar-refractivity contribution in [2.45, 2.75) is 13.0 Å². The highest BCUT2D eigenvalue weighted by Gasteiger charge is 2.20. The number of hydrogen-bond donors (Lipinski definition) is 0. The van der Waals surface area contributed by atoms with Crippen LogP contribution in [0.5, 0.6) is 0 Å². The second-order valence-corrected chi connectivity index (χ2v) is 3.59. The van der Waals surface area contributed by atoms with Crippen LogP contribution in [-0.2, 0) is 17.8 Å². The first-order valence-electron chi connectivity index (χ1n) is 4.90. The zero-order chi connectivity index (χ0) is 10.8.